The SMILES string of the molecule is Cc1cccc2[nH]c(C(=O)N(C)[C@H]3CN(C(=O)OC(C)(C)C)Cc4[nH]c(=O)c5cc(F)c(F)cc5c43)cc12. The van der Waals surface area contributed by atoms with Crippen LogP contribution >= 0.6 is 0 Å². The second-order valence-corrected chi connectivity index (χ2v) is 10.7. The average molecular weight is 523 g/mol. The molecule has 0 radical (unpaired) electrons. The summed E-state index contributed by atoms with van der Waals surface area (Å²) >= 11 is 0. The lowest BCUT2D eigenvalue weighted by Crippen LogP contribution is -2.47. The van der Waals surface area contributed by atoms with E-state index in [1.54, 1.807) is 33.9 Å². The topological polar surface area (TPSA) is 98.5 Å². The molecule has 8 nitrogen and oxygen atoms in total. The van der Waals surface area contributed by atoms with E-state index in [9.17, 15) is 23.2 Å². The zero-order valence-electron chi connectivity index (χ0n) is 21.7. The minimum absolute atomic E-state index is 0.0174. The van der Waals surface area contributed by atoms with E-state index >= 15 is 0 Å². The van der Waals surface area contributed by atoms with Gasteiger partial charge in [-0.3, -0.25) is 14.5 Å². The van der Waals surface area contributed by atoms with E-state index in [0.717, 1.165) is 28.6 Å². The summed E-state index contributed by atoms with van der Waals surface area (Å²) in [6.45, 7) is 7.14. The molecule has 4 aromatic rings. The number of H-pyrrole nitrogens is 2. The Morgan fingerprint density at radius 3 is 2.39 bits per heavy atom. The van der Waals surface area contributed by atoms with Crippen LogP contribution in [0.3, 0.4) is 0 Å². The van der Waals surface area contributed by atoms with Crippen molar-refractivity contribution in [2.24, 2.45) is 0 Å². The molecule has 1 aliphatic rings. The Bertz CT molecular complexity index is 1670. The van der Waals surface area contributed by atoms with Gasteiger partial charge in [0.15, 0.2) is 11.6 Å². The van der Waals surface area contributed by atoms with Gasteiger partial charge in [-0.25, -0.2) is 13.6 Å². The predicted octanol–water partition coefficient (Wildman–Crippen LogP) is 5.16. The third-order valence-electron chi connectivity index (χ3n) is 6.81. The fraction of sp³-hybridized carbons (Fsp3) is 0.321. The summed E-state index contributed by atoms with van der Waals surface area (Å²) in [5, 5.41) is 1.04. The molecule has 1 atom stereocenters. The Balaban J connectivity index is 1.64. The highest BCUT2D eigenvalue weighted by Crippen LogP contribution is 2.36. The number of aromatic nitrogens is 2. The van der Waals surface area contributed by atoms with E-state index in [1.807, 2.05) is 25.1 Å². The van der Waals surface area contributed by atoms with Crippen molar-refractivity contribution >= 4 is 33.7 Å². The number of hydrogen-bond acceptors (Lipinski definition) is 4. The molecule has 0 spiro atoms. The van der Waals surface area contributed by atoms with Crippen molar-refractivity contribution in [1.29, 1.82) is 0 Å². The first-order chi connectivity index (χ1) is 17.8. The Kier molecular flexibility index (Phi) is 6.00. The van der Waals surface area contributed by atoms with Crippen molar-refractivity contribution in [3.63, 3.8) is 0 Å². The van der Waals surface area contributed by atoms with Crippen molar-refractivity contribution in [2.45, 2.75) is 45.9 Å². The molecule has 2 amide bonds. The molecule has 0 saturated heterocycles. The minimum Gasteiger partial charge on any atom is -0.444 e. The largest absolute Gasteiger partial charge is 0.444 e. The first-order valence-electron chi connectivity index (χ1n) is 12.2. The summed E-state index contributed by atoms with van der Waals surface area (Å²) in [5.41, 5.74) is 1.51. The molecule has 5 rings (SSSR count). The third kappa shape index (κ3) is 4.40. The van der Waals surface area contributed by atoms with Crippen LogP contribution in [0.5, 0.6) is 0 Å². The Morgan fingerprint density at radius 1 is 1.05 bits per heavy atom. The molecule has 2 aromatic carbocycles. The second-order valence-electron chi connectivity index (χ2n) is 10.7. The molecular weight excluding hydrogens is 494 g/mol. The Morgan fingerprint density at radius 2 is 1.74 bits per heavy atom. The minimum atomic E-state index is -1.15. The lowest BCUT2D eigenvalue weighted by Gasteiger charge is -2.39. The van der Waals surface area contributed by atoms with Crippen LogP contribution in [0.25, 0.3) is 21.7 Å². The third-order valence-corrected chi connectivity index (χ3v) is 6.81. The van der Waals surface area contributed by atoms with Gasteiger partial charge in [0.2, 0.25) is 0 Å². The van der Waals surface area contributed by atoms with Gasteiger partial charge < -0.3 is 19.6 Å². The van der Waals surface area contributed by atoms with E-state index in [1.165, 1.54) is 9.80 Å². The molecule has 0 saturated carbocycles. The fourth-order valence-electron chi connectivity index (χ4n) is 4.99. The summed E-state index contributed by atoms with van der Waals surface area (Å²) in [5.74, 6) is -2.63. The maximum Gasteiger partial charge on any atom is 0.410 e. The highest BCUT2D eigenvalue weighted by Gasteiger charge is 2.37. The Hall–Kier alpha value is -4.21. The lowest BCUT2D eigenvalue weighted by atomic mass is 9.92. The first kappa shape index (κ1) is 25.4. The van der Waals surface area contributed by atoms with Gasteiger partial charge in [0.25, 0.3) is 11.5 Å². The van der Waals surface area contributed by atoms with Crippen molar-refractivity contribution in [3.8, 4) is 0 Å². The number of carbonyl (C=O) groups is 2. The maximum absolute atomic E-state index is 14.4. The molecule has 198 valence electrons. The molecule has 3 heterocycles. The van der Waals surface area contributed by atoms with Gasteiger partial charge >= 0.3 is 6.09 Å². The predicted molar refractivity (Wildman–Crippen MR) is 139 cm³/mol. The zero-order chi connectivity index (χ0) is 27.5. The van der Waals surface area contributed by atoms with Crippen molar-refractivity contribution in [2.75, 3.05) is 13.6 Å². The summed E-state index contributed by atoms with van der Waals surface area (Å²) in [6.07, 6.45) is -0.624. The normalized spacial score (nSPS) is 15.6. The second kappa shape index (κ2) is 8.97. The monoisotopic (exact) mass is 522 g/mol. The number of aromatic amines is 2. The fourth-order valence-corrected chi connectivity index (χ4v) is 4.99. The molecule has 0 unspecified atom stereocenters. The summed E-state index contributed by atoms with van der Waals surface area (Å²) < 4.78 is 34.0. The van der Waals surface area contributed by atoms with E-state index in [2.05, 4.69) is 9.97 Å². The van der Waals surface area contributed by atoms with Crippen molar-refractivity contribution in [3.05, 3.63) is 80.9 Å². The number of benzene rings is 2. The summed E-state index contributed by atoms with van der Waals surface area (Å²) in [4.78, 5) is 48.3. The van der Waals surface area contributed by atoms with E-state index in [0.29, 0.717) is 17.0 Å². The molecule has 1 aliphatic heterocycles. The highest BCUT2D eigenvalue weighted by molar-refractivity contribution is 5.99. The number of ether oxygens (including phenoxy) is 1. The van der Waals surface area contributed by atoms with Gasteiger partial charge in [-0.05, 0) is 62.9 Å². The molecule has 10 heteroatoms. The molecule has 2 aromatic heterocycles. The maximum atomic E-state index is 14.4. The number of rotatable bonds is 2. The van der Waals surface area contributed by atoms with Gasteiger partial charge in [-0.15, -0.1) is 0 Å². The number of likely N-dealkylation sites (N-methyl/N-ethyl adjacent to an activating group) is 1. The Labute approximate surface area is 217 Å². The van der Waals surface area contributed by atoms with Crippen LogP contribution in [0.15, 0.2) is 41.2 Å². The van der Waals surface area contributed by atoms with Crippen LogP contribution in [0.2, 0.25) is 0 Å². The number of halogens is 2. The number of carbonyl (C=O) groups excluding carboxylic acids is 2. The molecule has 0 fully saturated rings. The molecular formula is C28H28F2N4O4. The standard InChI is InChI=1S/C28H28F2N4O4/c1-14-7-6-8-20-15(14)11-21(31-20)26(36)33(5)23-13-34(27(37)38-28(2,3)4)12-22-24(23)16-9-18(29)19(30)10-17(16)25(35)32-22/h6-11,23,31H,12-13H2,1-5H3,(H,32,35)/t23-/m0/s1. The average Bonchev–Trinajstić information content (AvgIpc) is 3.28. The molecule has 2 N–H and O–H groups in total. The number of hydrogen-bond donors (Lipinski definition) is 2. The number of aryl methyl sites for hydroxylation is 1. The van der Waals surface area contributed by atoms with Gasteiger partial charge in [0, 0.05) is 35.8 Å². The molecule has 0 aliphatic carbocycles. The number of fused-ring (bicyclic) bond motifs is 4. The van der Waals surface area contributed by atoms with Crippen LogP contribution < -0.4 is 5.56 Å². The van der Waals surface area contributed by atoms with E-state index < -0.39 is 34.9 Å². The molecule has 38 heavy (non-hydrogen) atoms. The van der Waals surface area contributed by atoms with Crippen molar-refractivity contribution in [1.82, 2.24) is 19.8 Å². The van der Waals surface area contributed by atoms with E-state index in [4.69, 9.17) is 4.74 Å². The quantitative estimate of drug-likeness (QED) is 0.380. The smallest absolute Gasteiger partial charge is 0.410 e. The number of nitrogens with one attached hydrogen (secondary N) is 2. The number of amides is 2. The van der Waals surface area contributed by atoms with Gasteiger partial charge in [-0.2, -0.15) is 0 Å². The van der Waals surface area contributed by atoms with Gasteiger partial charge in [0.1, 0.15) is 11.3 Å². The van der Waals surface area contributed by atoms with Crippen LogP contribution in [0.1, 0.15) is 54.1 Å². The zero-order valence-corrected chi connectivity index (χ0v) is 21.7. The van der Waals surface area contributed by atoms with Crippen LogP contribution in [-0.2, 0) is 11.3 Å². The lowest BCUT2D eigenvalue weighted by molar-refractivity contribution is 0.0142. The van der Waals surface area contributed by atoms with E-state index in [-0.39, 0.29) is 29.8 Å². The van der Waals surface area contributed by atoms with Gasteiger partial charge in [-0.1, -0.05) is 12.1 Å². The number of nitrogens with zero attached hydrogens (tertiary/aromatic N) is 2. The van der Waals surface area contributed by atoms with Crippen molar-refractivity contribution < 1.29 is 23.1 Å². The van der Waals surface area contributed by atoms with Crippen LogP contribution in [-0.4, -0.2) is 51.0 Å². The summed E-state index contributed by atoms with van der Waals surface area (Å²) in [6, 6.07) is 8.49. The van der Waals surface area contributed by atoms with Gasteiger partial charge in [0.05, 0.1) is 18.0 Å². The van der Waals surface area contributed by atoms with Crippen LogP contribution in [0, 0.1) is 18.6 Å². The number of pyridine rings is 1. The van der Waals surface area contributed by atoms with Crippen LogP contribution in [0.4, 0.5) is 13.6 Å². The molecule has 0 bridgehead atoms. The first-order valence-corrected chi connectivity index (χ1v) is 12.2. The highest BCUT2D eigenvalue weighted by atomic mass is 19.2. The summed E-state index contributed by atoms with van der Waals surface area (Å²) in [7, 11) is 1.57.